The quantitative estimate of drug-likeness (QED) is 0.453. The van der Waals surface area contributed by atoms with Crippen LogP contribution >= 0.6 is 0 Å². The van der Waals surface area contributed by atoms with E-state index in [0.717, 1.165) is 6.42 Å². The van der Waals surface area contributed by atoms with Gasteiger partial charge in [0.15, 0.2) is 0 Å². The van der Waals surface area contributed by atoms with E-state index in [1.807, 2.05) is 0 Å². The number of halogens is 1. The summed E-state index contributed by atoms with van der Waals surface area (Å²) in [6.45, 7) is 1.20. The van der Waals surface area contributed by atoms with Gasteiger partial charge in [-0.05, 0) is 30.7 Å². The Morgan fingerprint density at radius 3 is 2.75 bits per heavy atom. The highest BCUT2D eigenvalue weighted by molar-refractivity contribution is 6.06. The van der Waals surface area contributed by atoms with Crippen molar-refractivity contribution in [2.45, 2.75) is 6.42 Å². The zero-order chi connectivity index (χ0) is 14.8. The van der Waals surface area contributed by atoms with Gasteiger partial charge in [0.1, 0.15) is 17.5 Å². The molecular formula is C14H16FN3O2. The summed E-state index contributed by atoms with van der Waals surface area (Å²) in [7, 11) is 1.60. The molecule has 1 amide bonds. The van der Waals surface area contributed by atoms with E-state index in [2.05, 4.69) is 10.6 Å². The van der Waals surface area contributed by atoms with Gasteiger partial charge in [-0.3, -0.25) is 4.79 Å². The van der Waals surface area contributed by atoms with Crippen molar-refractivity contribution >= 4 is 11.6 Å². The van der Waals surface area contributed by atoms with Crippen LogP contribution in [0.3, 0.4) is 0 Å². The number of hydrogen-bond acceptors (Lipinski definition) is 4. The Bertz CT molecular complexity index is 506. The lowest BCUT2D eigenvalue weighted by Crippen LogP contribution is -2.17. The molecule has 0 aliphatic carbocycles. The van der Waals surface area contributed by atoms with Gasteiger partial charge in [-0.2, -0.15) is 5.26 Å². The first kappa shape index (κ1) is 15.7. The summed E-state index contributed by atoms with van der Waals surface area (Å²) in [5, 5.41) is 14.3. The van der Waals surface area contributed by atoms with Gasteiger partial charge in [-0.25, -0.2) is 4.39 Å². The summed E-state index contributed by atoms with van der Waals surface area (Å²) < 4.78 is 17.6. The summed E-state index contributed by atoms with van der Waals surface area (Å²) in [5.41, 5.74) is 0.378. The zero-order valence-corrected chi connectivity index (χ0v) is 11.1. The van der Waals surface area contributed by atoms with Gasteiger partial charge in [0.25, 0.3) is 5.91 Å². The number of nitrogens with one attached hydrogen (secondary N) is 2. The number of anilines is 1. The highest BCUT2D eigenvalue weighted by Crippen LogP contribution is 2.09. The number of ether oxygens (including phenoxy) is 1. The molecule has 20 heavy (non-hydrogen) atoms. The zero-order valence-electron chi connectivity index (χ0n) is 11.1. The van der Waals surface area contributed by atoms with E-state index >= 15 is 0 Å². The van der Waals surface area contributed by atoms with E-state index in [0.29, 0.717) is 18.8 Å². The van der Waals surface area contributed by atoms with Crippen LogP contribution in [0.1, 0.15) is 6.42 Å². The summed E-state index contributed by atoms with van der Waals surface area (Å²) in [4.78, 5) is 11.8. The first-order chi connectivity index (χ1) is 9.67. The number of carbonyl (C=O) groups excluding carboxylic acids is 1. The van der Waals surface area contributed by atoms with Gasteiger partial charge < -0.3 is 15.4 Å². The van der Waals surface area contributed by atoms with Crippen LogP contribution in [0.2, 0.25) is 0 Å². The molecule has 2 N–H and O–H groups in total. The molecule has 0 spiro atoms. The van der Waals surface area contributed by atoms with Crippen molar-refractivity contribution in [1.29, 1.82) is 5.26 Å². The topological polar surface area (TPSA) is 74.1 Å². The second-order valence-corrected chi connectivity index (χ2v) is 3.93. The maximum Gasteiger partial charge on any atom is 0.267 e. The predicted molar refractivity (Wildman–Crippen MR) is 73.2 cm³/mol. The summed E-state index contributed by atoms with van der Waals surface area (Å²) in [6.07, 6.45) is 2.12. The first-order valence-electron chi connectivity index (χ1n) is 6.07. The van der Waals surface area contributed by atoms with Crippen LogP contribution in [0.15, 0.2) is 36.0 Å². The van der Waals surface area contributed by atoms with Crippen LogP contribution in [0.5, 0.6) is 0 Å². The van der Waals surface area contributed by atoms with Crippen LogP contribution in [-0.2, 0) is 9.53 Å². The monoisotopic (exact) mass is 277 g/mol. The van der Waals surface area contributed by atoms with Crippen LogP contribution in [-0.4, -0.2) is 26.2 Å². The van der Waals surface area contributed by atoms with Gasteiger partial charge in [-0.1, -0.05) is 0 Å². The fourth-order valence-corrected chi connectivity index (χ4v) is 1.37. The Labute approximate surface area is 117 Å². The lowest BCUT2D eigenvalue weighted by atomic mass is 10.2. The molecular weight excluding hydrogens is 261 g/mol. The fourth-order valence-electron chi connectivity index (χ4n) is 1.37. The van der Waals surface area contributed by atoms with Crippen molar-refractivity contribution in [3.63, 3.8) is 0 Å². The minimum Gasteiger partial charge on any atom is -0.390 e. The molecule has 1 aromatic carbocycles. The van der Waals surface area contributed by atoms with Crippen molar-refractivity contribution in [2.75, 3.05) is 25.6 Å². The highest BCUT2D eigenvalue weighted by Gasteiger charge is 2.08. The summed E-state index contributed by atoms with van der Waals surface area (Å²) in [6, 6.07) is 7.12. The molecule has 1 aromatic rings. The van der Waals surface area contributed by atoms with Crippen LogP contribution in [0.25, 0.3) is 0 Å². The fraction of sp³-hybridized carbons (Fsp3) is 0.286. The van der Waals surface area contributed by atoms with Gasteiger partial charge in [0.05, 0.1) is 0 Å². The molecule has 0 radical (unpaired) electrons. The molecule has 0 saturated heterocycles. The first-order valence-corrected chi connectivity index (χ1v) is 6.07. The third kappa shape index (κ3) is 5.50. The van der Waals surface area contributed by atoms with Gasteiger partial charge in [-0.15, -0.1) is 0 Å². The molecule has 0 heterocycles. The second-order valence-electron chi connectivity index (χ2n) is 3.93. The maximum atomic E-state index is 12.7. The molecule has 6 heteroatoms. The Kier molecular flexibility index (Phi) is 6.79. The van der Waals surface area contributed by atoms with Gasteiger partial charge in [0.2, 0.25) is 0 Å². The molecule has 106 valence electrons. The minimum absolute atomic E-state index is 0.0493. The van der Waals surface area contributed by atoms with Gasteiger partial charge in [0, 0.05) is 32.1 Å². The smallest absolute Gasteiger partial charge is 0.267 e. The Hall–Kier alpha value is -2.39. The normalized spacial score (nSPS) is 10.8. The number of methoxy groups -OCH3 is 1. The molecule has 0 saturated carbocycles. The van der Waals surface area contributed by atoms with Crippen LogP contribution in [0.4, 0.5) is 10.1 Å². The van der Waals surface area contributed by atoms with Crippen molar-refractivity contribution in [2.24, 2.45) is 0 Å². The second kappa shape index (κ2) is 8.67. The van der Waals surface area contributed by atoms with E-state index in [9.17, 15) is 9.18 Å². The molecule has 0 unspecified atom stereocenters. The van der Waals surface area contributed by atoms with Crippen molar-refractivity contribution in [1.82, 2.24) is 5.32 Å². The van der Waals surface area contributed by atoms with Crippen LogP contribution in [0, 0.1) is 17.1 Å². The van der Waals surface area contributed by atoms with Crippen molar-refractivity contribution in [3.05, 3.63) is 41.9 Å². The molecule has 0 bridgehead atoms. The standard InChI is InChI=1S/C14H16FN3O2/c1-20-8-2-7-17-10-11(9-16)14(19)18-13-5-3-12(15)4-6-13/h3-6,10,17H,2,7-8H2,1H3,(H,18,19)/b11-10-. The number of nitriles is 1. The predicted octanol–water partition coefficient (Wildman–Crippen LogP) is 1.80. The van der Waals surface area contributed by atoms with E-state index in [1.54, 1.807) is 13.2 Å². The van der Waals surface area contributed by atoms with Crippen molar-refractivity contribution < 1.29 is 13.9 Å². The van der Waals surface area contributed by atoms with E-state index in [4.69, 9.17) is 10.00 Å². The Morgan fingerprint density at radius 2 is 2.15 bits per heavy atom. The Balaban J connectivity index is 2.52. The largest absolute Gasteiger partial charge is 0.390 e. The minimum atomic E-state index is -0.543. The summed E-state index contributed by atoms with van der Waals surface area (Å²) in [5.74, 6) is -0.933. The van der Waals surface area contributed by atoms with E-state index < -0.39 is 5.91 Å². The number of benzene rings is 1. The van der Waals surface area contributed by atoms with Crippen LogP contribution < -0.4 is 10.6 Å². The number of rotatable bonds is 7. The number of hydrogen-bond donors (Lipinski definition) is 2. The average Bonchev–Trinajstić information content (AvgIpc) is 2.45. The molecule has 0 aliphatic heterocycles. The summed E-state index contributed by atoms with van der Waals surface area (Å²) >= 11 is 0. The third-order valence-electron chi connectivity index (χ3n) is 2.38. The lowest BCUT2D eigenvalue weighted by molar-refractivity contribution is -0.112. The van der Waals surface area contributed by atoms with E-state index in [-0.39, 0.29) is 11.4 Å². The lowest BCUT2D eigenvalue weighted by Gasteiger charge is -2.05. The van der Waals surface area contributed by atoms with Gasteiger partial charge >= 0.3 is 0 Å². The molecule has 0 aromatic heterocycles. The molecule has 5 nitrogen and oxygen atoms in total. The third-order valence-corrected chi connectivity index (χ3v) is 2.38. The Morgan fingerprint density at radius 1 is 1.45 bits per heavy atom. The highest BCUT2D eigenvalue weighted by atomic mass is 19.1. The van der Waals surface area contributed by atoms with Crippen molar-refractivity contribution in [3.8, 4) is 6.07 Å². The molecule has 0 aliphatic rings. The molecule has 0 atom stereocenters. The molecule has 0 fully saturated rings. The number of carbonyl (C=O) groups is 1. The number of amides is 1. The SMILES string of the molecule is COCCCN/C=C(/C#N)C(=O)Nc1ccc(F)cc1. The van der Waals surface area contributed by atoms with E-state index in [1.165, 1.54) is 30.5 Å². The molecule has 1 rings (SSSR count). The number of nitrogens with zero attached hydrogens (tertiary/aromatic N) is 1. The average molecular weight is 277 g/mol. The maximum absolute atomic E-state index is 12.7.